The number of hydrogen-bond donors (Lipinski definition) is 1. The van der Waals surface area contributed by atoms with Gasteiger partial charge in [-0.05, 0) is 37.5 Å². The Labute approximate surface area is 144 Å². The van der Waals surface area contributed by atoms with E-state index in [1.165, 1.54) is 11.3 Å². The van der Waals surface area contributed by atoms with Crippen LogP contribution >= 0.6 is 11.3 Å². The van der Waals surface area contributed by atoms with Crippen molar-refractivity contribution < 1.29 is 14.3 Å². The SMILES string of the molecule is C[C@H](C(=O)Nc1nccs1)N(Cc1ccc2c(c1)OCO2)C1CC1. The van der Waals surface area contributed by atoms with Gasteiger partial charge < -0.3 is 14.8 Å². The Morgan fingerprint density at radius 1 is 1.42 bits per heavy atom. The first kappa shape index (κ1) is 15.4. The van der Waals surface area contributed by atoms with E-state index >= 15 is 0 Å². The highest BCUT2D eigenvalue weighted by molar-refractivity contribution is 7.13. The van der Waals surface area contributed by atoms with Gasteiger partial charge in [-0.3, -0.25) is 9.69 Å². The van der Waals surface area contributed by atoms with Crippen LogP contribution in [0.1, 0.15) is 25.3 Å². The van der Waals surface area contributed by atoms with Crippen LogP contribution in [0.25, 0.3) is 0 Å². The summed E-state index contributed by atoms with van der Waals surface area (Å²) in [4.78, 5) is 18.9. The minimum Gasteiger partial charge on any atom is -0.454 e. The molecule has 1 amide bonds. The molecule has 0 spiro atoms. The van der Waals surface area contributed by atoms with Gasteiger partial charge in [0.15, 0.2) is 16.6 Å². The molecule has 0 saturated heterocycles. The lowest BCUT2D eigenvalue weighted by molar-refractivity contribution is -0.121. The van der Waals surface area contributed by atoms with Crippen molar-refractivity contribution in [2.45, 2.75) is 38.4 Å². The molecule has 4 rings (SSSR count). The standard InChI is InChI=1S/C17H19N3O3S/c1-11(16(21)19-17-18-6-7-24-17)20(13-3-4-13)9-12-2-5-14-15(8-12)23-10-22-14/h2,5-8,11,13H,3-4,9-10H2,1H3,(H,18,19,21)/t11-/m1/s1. The third-order valence-corrected chi connectivity index (χ3v) is 5.05. The van der Waals surface area contributed by atoms with Crippen molar-refractivity contribution >= 4 is 22.4 Å². The number of anilines is 1. The molecule has 1 aromatic carbocycles. The van der Waals surface area contributed by atoms with E-state index in [9.17, 15) is 4.79 Å². The Kier molecular flexibility index (Phi) is 4.12. The first-order chi connectivity index (χ1) is 11.7. The Bertz CT molecular complexity index is 731. The van der Waals surface area contributed by atoms with E-state index in [1.807, 2.05) is 30.5 Å². The average molecular weight is 345 g/mol. The molecule has 0 radical (unpaired) electrons. The number of rotatable bonds is 6. The van der Waals surface area contributed by atoms with Gasteiger partial charge in [-0.25, -0.2) is 4.98 Å². The third-order valence-electron chi connectivity index (χ3n) is 4.36. The van der Waals surface area contributed by atoms with Crippen molar-refractivity contribution in [3.8, 4) is 11.5 Å². The Hall–Kier alpha value is -2.12. The van der Waals surface area contributed by atoms with Crippen molar-refractivity contribution in [2.75, 3.05) is 12.1 Å². The van der Waals surface area contributed by atoms with Gasteiger partial charge in [-0.1, -0.05) is 6.07 Å². The zero-order chi connectivity index (χ0) is 16.5. The highest BCUT2D eigenvalue weighted by atomic mass is 32.1. The van der Waals surface area contributed by atoms with Crippen LogP contribution in [0.3, 0.4) is 0 Å². The maximum Gasteiger partial charge on any atom is 0.243 e. The third kappa shape index (κ3) is 3.22. The first-order valence-corrected chi connectivity index (χ1v) is 8.93. The molecule has 1 aliphatic heterocycles. The van der Waals surface area contributed by atoms with Crippen LogP contribution < -0.4 is 14.8 Å². The van der Waals surface area contributed by atoms with Crippen molar-refractivity contribution in [3.05, 3.63) is 35.3 Å². The molecule has 2 aromatic rings. The number of carbonyl (C=O) groups is 1. The van der Waals surface area contributed by atoms with Gasteiger partial charge in [-0.2, -0.15) is 0 Å². The van der Waals surface area contributed by atoms with Gasteiger partial charge in [0.05, 0.1) is 6.04 Å². The molecule has 1 aromatic heterocycles. The van der Waals surface area contributed by atoms with Crippen LogP contribution in [0, 0.1) is 0 Å². The van der Waals surface area contributed by atoms with Crippen LogP contribution in [0.5, 0.6) is 11.5 Å². The number of hydrogen-bond acceptors (Lipinski definition) is 6. The Morgan fingerprint density at radius 3 is 3.00 bits per heavy atom. The normalized spacial score (nSPS) is 17.1. The molecule has 2 heterocycles. The molecular weight excluding hydrogens is 326 g/mol. The summed E-state index contributed by atoms with van der Waals surface area (Å²) in [5, 5.41) is 5.39. The minimum absolute atomic E-state index is 0.0161. The second-order valence-corrected chi connectivity index (χ2v) is 6.99. The number of thiazole rings is 1. The molecule has 0 bridgehead atoms. The molecule has 1 saturated carbocycles. The molecule has 1 atom stereocenters. The highest BCUT2D eigenvalue weighted by Gasteiger charge is 2.35. The summed E-state index contributed by atoms with van der Waals surface area (Å²) in [5.41, 5.74) is 1.13. The summed E-state index contributed by atoms with van der Waals surface area (Å²) < 4.78 is 10.8. The molecule has 1 N–H and O–H groups in total. The monoisotopic (exact) mass is 345 g/mol. The van der Waals surface area contributed by atoms with Gasteiger partial charge in [-0.15, -0.1) is 11.3 Å². The quantitative estimate of drug-likeness (QED) is 0.872. The molecule has 1 aliphatic carbocycles. The molecule has 0 unspecified atom stereocenters. The Balaban J connectivity index is 1.46. The fourth-order valence-corrected chi connectivity index (χ4v) is 3.42. The maximum atomic E-state index is 12.5. The number of ether oxygens (including phenoxy) is 2. The van der Waals surface area contributed by atoms with Crippen LogP contribution in [0.4, 0.5) is 5.13 Å². The van der Waals surface area contributed by atoms with Crippen LogP contribution in [0.15, 0.2) is 29.8 Å². The van der Waals surface area contributed by atoms with Crippen LogP contribution in [0.2, 0.25) is 0 Å². The summed E-state index contributed by atoms with van der Waals surface area (Å²) in [6.07, 6.45) is 3.97. The number of nitrogens with zero attached hydrogens (tertiary/aromatic N) is 2. The lowest BCUT2D eigenvalue weighted by Crippen LogP contribution is -2.42. The summed E-state index contributed by atoms with van der Waals surface area (Å²) in [7, 11) is 0. The van der Waals surface area contributed by atoms with Crippen molar-refractivity contribution in [1.29, 1.82) is 0 Å². The van der Waals surface area contributed by atoms with E-state index in [1.54, 1.807) is 6.20 Å². The average Bonchev–Trinajstić information content (AvgIpc) is 3.09. The summed E-state index contributed by atoms with van der Waals surface area (Å²) >= 11 is 1.43. The summed E-state index contributed by atoms with van der Waals surface area (Å²) in [6, 6.07) is 6.22. The molecule has 6 nitrogen and oxygen atoms in total. The highest BCUT2D eigenvalue weighted by Crippen LogP contribution is 2.35. The number of carbonyl (C=O) groups excluding carboxylic acids is 1. The summed E-state index contributed by atoms with van der Waals surface area (Å²) in [5.74, 6) is 1.55. The van der Waals surface area contributed by atoms with Gasteiger partial charge in [0.1, 0.15) is 0 Å². The molecule has 2 aliphatic rings. The van der Waals surface area contributed by atoms with E-state index < -0.39 is 0 Å². The largest absolute Gasteiger partial charge is 0.454 e. The summed E-state index contributed by atoms with van der Waals surface area (Å²) in [6.45, 7) is 2.94. The number of benzene rings is 1. The van der Waals surface area contributed by atoms with Crippen LogP contribution in [-0.2, 0) is 11.3 Å². The predicted molar refractivity (Wildman–Crippen MR) is 91.3 cm³/mol. The van der Waals surface area contributed by atoms with E-state index in [2.05, 4.69) is 15.2 Å². The lowest BCUT2D eigenvalue weighted by Gasteiger charge is -2.28. The number of nitrogens with one attached hydrogen (secondary N) is 1. The Morgan fingerprint density at radius 2 is 2.25 bits per heavy atom. The molecule has 7 heteroatoms. The topological polar surface area (TPSA) is 63.7 Å². The van der Waals surface area contributed by atoms with Gasteiger partial charge in [0.25, 0.3) is 0 Å². The number of fused-ring (bicyclic) bond motifs is 1. The number of aromatic nitrogens is 1. The fourth-order valence-electron chi connectivity index (χ4n) is 2.88. The zero-order valence-corrected chi connectivity index (χ0v) is 14.2. The minimum atomic E-state index is -0.216. The van der Waals surface area contributed by atoms with Crippen LogP contribution in [-0.4, -0.2) is 34.7 Å². The van der Waals surface area contributed by atoms with E-state index in [0.717, 1.165) is 29.9 Å². The second-order valence-electron chi connectivity index (χ2n) is 6.09. The second kappa shape index (κ2) is 6.41. The fraction of sp³-hybridized carbons (Fsp3) is 0.412. The van der Waals surface area contributed by atoms with Gasteiger partial charge >= 0.3 is 0 Å². The van der Waals surface area contributed by atoms with Crippen molar-refractivity contribution in [2.24, 2.45) is 0 Å². The molecule has 24 heavy (non-hydrogen) atoms. The first-order valence-electron chi connectivity index (χ1n) is 8.05. The maximum absolute atomic E-state index is 12.5. The smallest absolute Gasteiger partial charge is 0.243 e. The van der Waals surface area contributed by atoms with Crippen molar-refractivity contribution in [1.82, 2.24) is 9.88 Å². The number of amides is 1. The zero-order valence-electron chi connectivity index (χ0n) is 13.4. The van der Waals surface area contributed by atoms with E-state index in [0.29, 0.717) is 17.7 Å². The van der Waals surface area contributed by atoms with E-state index in [-0.39, 0.29) is 18.7 Å². The van der Waals surface area contributed by atoms with Gasteiger partial charge in [0.2, 0.25) is 12.7 Å². The van der Waals surface area contributed by atoms with E-state index in [4.69, 9.17) is 9.47 Å². The molecular formula is C17H19N3O3S. The molecule has 126 valence electrons. The van der Waals surface area contributed by atoms with Gasteiger partial charge in [0, 0.05) is 24.2 Å². The van der Waals surface area contributed by atoms with Crippen molar-refractivity contribution in [3.63, 3.8) is 0 Å². The molecule has 1 fully saturated rings. The predicted octanol–water partition coefficient (Wildman–Crippen LogP) is 2.86. The lowest BCUT2D eigenvalue weighted by atomic mass is 10.1.